The first-order valence-corrected chi connectivity index (χ1v) is 4.78. The summed E-state index contributed by atoms with van der Waals surface area (Å²) in [4.78, 5) is 0. The van der Waals surface area contributed by atoms with Crippen LogP contribution in [0.3, 0.4) is 0 Å². The molecule has 2 rings (SSSR count). The average Bonchev–Trinajstić information content (AvgIpc) is 2.49. The van der Waals surface area contributed by atoms with Crippen molar-refractivity contribution >= 4 is 0 Å². The van der Waals surface area contributed by atoms with Crippen LogP contribution in [0.25, 0.3) is 0 Å². The van der Waals surface area contributed by atoms with E-state index >= 15 is 0 Å². The van der Waals surface area contributed by atoms with E-state index in [9.17, 15) is 0 Å². The fourth-order valence-corrected chi connectivity index (χ4v) is 1.95. The molecule has 1 aromatic rings. The molecule has 1 heterocycles. The van der Waals surface area contributed by atoms with E-state index in [0.29, 0.717) is 6.04 Å². The van der Waals surface area contributed by atoms with E-state index in [1.54, 1.807) is 0 Å². The van der Waals surface area contributed by atoms with Crippen LogP contribution < -0.4 is 0 Å². The molecular formula is C11H16N2. The van der Waals surface area contributed by atoms with Gasteiger partial charge in [0.15, 0.2) is 0 Å². The molecule has 1 saturated heterocycles. The summed E-state index contributed by atoms with van der Waals surface area (Å²) in [6.45, 7) is 1.16. The monoisotopic (exact) mass is 176 g/mol. The zero-order valence-corrected chi connectivity index (χ0v) is 8.27. The Bertz CT molecular complexity index is 271. The van der Waals surface area contributed by atoms with Gasteiger partial charge in [-0.1, -0.05) is 30.3 Å². The van der Waals surface area contributed by atoms with Crippen molar-refractivity contribution in [2.24, 2.45) is 0 Å². The van der Waals surface area contributed by atoms with Crippen LogP contribution in [-0.4, -0.2) is 30.7 Å². The molecule has 0 N–H and O–H groups in total. The fourth-order valence-electron chi connectivity index (χ4n) is 1.95. The lowest BCUT2D eigenvalue weighted by Crippen LogP contribution is -2.30. The second-order valence-corrected chi connectivity index (χ2v) is 3.67. The lowest BCUT2D eigenvalue weighted by Gasteiger charge is -2.25. The lowest BCUT2D eigenvalue weighted by atomic mass is 10.1. The maximum absolute atomic E-state index is 2.31. The van der Waals surface area contributed by atoms with Crippen LogP contribution in [0.5, 0.6) is 0 Å². The van der Waals surface area contributed by atoms with Crippen molar-refractivity contribution < 1.29 is 0 Å². The summed E-state index contributed by atoms with van der Waals surface area (Å²) >= 11 is 0. The maximum Gasteiger partial charge on any atom is 0.0504 e. The van der Waals surface area contributed by atoms with E-state index in [1.165, 1.54) is 12.0 Å². The van der Waals surface area contributed by atoms with Crippen molar-refractivity contribution in [2.75, 3.05) is 20.6 Å². The molecule has 2 nitrogen and oxygen atoms in total. The van der Waals surface area contributed by atoms with E-state index in [4.69, 9.17) is 0 Å². The molecule has 1 aliphatic rings. The smallest absolute Gasteiger partial charge is 0.0504 e. The third kappa shape index (κ3) is 1.60. The topological polar surface area (TPSA) is 6.48 Å². The van der Waals surface area contributed by atoms with Gasteiger partial charge in [0.2, 0.25) is 0 Å². The number of hydrogen-bond donors (Lipinski definition) is 0. The van der Waals surface area contributed by atoms with E-state index < -0.39 is 0 Å². The van der Waals surface area contributed by atoms with Crippen LogP contribution in [0, 0.1) is 0 Å². The zero-order chi connectivity index (χ0) is 9.26. The third-order valence-electron chi connectivity index (χ3n) is 2.90. The highest BCUT2D eigenvalue weighted by molar-refractivity contribution is 5.19. The van der Waals surface area contributed by atoms with Crippen molar-refractivity contribution in [3.63, 3.8) is 0 Å². The van der Waals surface area contributed by atoms with Gasteiger partial charge in [0.05, 0.1) is 6.04 Å². The van der Waals surface area contributed by atoms with Crippen molar-refractivity contribution in [3.05, 3.63) is 35.9 Å². The van der Waals surface area contributed by atoms with Gasteiger partial charge in [-0.05, 0) is 12.0 Å². The largest absolute Gasteiger partial charge is 0.244 e. The normalized spacial score (nSPS) is 25.2. The van der Waals surface area contributed by atoms with Crippen LogP contribution in [0.1, 0.15) is 18.0 Å². The second-order valence-electron chi connectivity index (χ2n) is 3.67. The standard InChI is InChI=1S/C11H16N2/c1-12-9-8-11(13(12)2)10-6-4-3-5-7-10/h3-7,11H,8-9H2,1-2H3. The molecule has 0 aliphatic carbocycles. The number of nitrogens with zero attached hydrogens (tertiary/aromatic N) is 2. The number of rotatable bonds is 1. The molecular weight excluding hydrogens is 160 g/mol. The van der Waals surface area contributed by atoms with Gasteiger partial charge in [0.25, 0.3) is 0 Å². The first-order chi connectivity index (χ1) is 6.29. The Labute approximate surface area is 79.7 Å². The molecule has 1 aromatic carbocycles. The number of hydrazine groups is 1. The van der Waals surface area contributed by atoms with Crippen molar-refractivity contribution in [1.82, 2.24) is 10.0 Å². The molecule has 0 saturated carbocycles. The van der Waals surface area contributed by atoms with Gasteiger partial charge in [0.1, 0.15) is 0 Å². The fraction of sp³-hybridized carbons (Fsp3) is 0.455. The highest BCUT2D eigenvalue weighted by Gasteiger charge is 2.26. The number of hydrogen-bond acceptors (Lipinski definition) is 2. The minimum atomic E-state index is 0.575. The van der Waals surface area contributed by atoms with Gasteiger partial charge in [-0.2, -0.15) is 0 Å². The summed E-state index contributed by atoms with van der Waals surface area (Å²) in [6.07, 6.45) is 1.23. The highest BCUT2D eigenvalue weighted by atomic mass is 15.6. The SMILES string of the molecule is CN1CCC(c2ccccc2)N1C. The van der Waals surface area contributed by atoms with E-state index in [1.807, 2.05) is 0 Å². The van der Waals surface area contributed by atoms with Crippen LogP contribution in [0.4, 0.5) is 0 Å². The summed E-state index contributed by atoms with van der Waals surface area (Å²) < 4.78 is 0. The van der Waals surface area contributed by atoms with Gasteiger partial charge in [-0.3, -0.25) is 0 Å². The Morgan fingerprint density at radius 2 is 1.85 bits per heavy atom. The van der Waals surface area contributed by atoms with E-state index in [2.05, 4.69) is 54.4 Å². The Morgan fingerprint density at radius 3 is 2.38 bits per heavy atom. The van der Waals surface area contributed by atoms with E-state index in [-0.39, 0.29) is 0 Å². The Kier molecular flexibility index (Phi) is 2.34. The molecule has 0 amide bonds. The van der Waals surface area contributed by atoms with Crippen molar-refractivity contribution in [1.29, 1.82) is 0 Å². The van der Waals surface area contributed by atoms with Crippen molar-refractivity contribution in [2.45, 2.75) is 12.5 Å². The third-order valence-corrected chi connectivity index (χ3v) is 2.90. The Balaban J connectivity index is 2.19. The summed E-state index contributed by atoms with van der Waals surface area (Å²) in [6, 6.07) is 11.3. The molecule has 0 spiro atoms. The first kappa shape index (κ1) is 8.73. The first-order valence-electron chi connectivity index (χ1n) is 4.78. The molecule has 0 aromatic heterocycles. The van der Waals surface area contributed by atoms with Crippen molar-refractivity contribution in [3.8, 4) is 0 Å². The summed E-state index contributed by atoms with van der Waals surface area (Å²) in [5.41, 5.74) is 1.43. The molecule has 0 bridgehead atoms. The summed E-state index contributed by atoms with van der Waals surface area (Å²) in [5, 5.41) is 4.59. The number of benzene rings is 1. The van der Waals surface area contributed by atoms with Crippen LogP contribution in [0.15, 0.2) is 30.3 Å². The van der Waals surface area contributed by atoms with Gasteiger partial charge in [0, 0.05) is 20.6 Å². The van der Waals surface area contributed by atoms with Gasteiger partial charge >= 0.3 is 0 Å². The lowest BCUT2D eigenvalue weighted by molar-refractivity contribution is 0.0529. The quantitative estimate of drug-likeness (QED) is 0.645. The van der Waals surface area contributed by atoms with Crippen LogP contribution in [-0.2, 0) is 0 Å². The van der Waals surface area contributed by atoms with E-state index in [0.717, 1.165) is 6.54 Å². The minimum Gasteiger partial charge on any atom is -0.244 e. The average molecular weight is 176 g/mol. The van der Waals surface area contributed by atoms with Gasteiger partial charge in [-0.25, -0.2) is 10.0 Å². The highest BCUT2D eigenvalue weighted by Crippen LogP contribution is 2.28. The van der Waals surface area contributed by atoms with Crippen LogP contribution in [0.2, 0.25) is 0 Å². The molecule has 0 radical (unpaired) electrons. The van der Waals surface area contributed by atoms with Gasteiger partial charge in [-0.15, -0.1) is 0 Å². The zero-order valence-electron chi connectivity index (χ0n) is 8.27. The second kappa shape index (κ2) is 3.48. The molecule has 1 aliphatic heterocycles. The summed E-state index contributed by atoms with van der Waals surface area (Å²) in [5.74, 6) is 0. The van der Waals surface area contributed by atoms with Crippen LogP contribution >= 0.6 is 0 Å². The molecule has 1 atom stereocenters. The Morgan fingerprint density at radius 1 is 1.15 bits per heavy atom. The molecule has 2 heteroatoms. The minimum absolute atomic E-state index is 0.575. The molecule has 1 fully saturated rings. The summed E-state index contributed by atoms with van der Waals surface area (Å²) in [7, 11) is 4.30. The Hall–Kier alpha value is -0.860. The van der Waals surface area contributed by atoms with Gasteiger partial charge < -0.3 is 0 Å². The maximum atomic E-state index is 2.31. The molecule has 70 valence electrons. The molecule has 1 unspecified atom stereocenters. The molecule has 13 heavy (non-hydrogen) atoms. The predicted molar refractivity (Wildman–Crippen MR) is 54.2 cm³/mol. The predicted octanol–water partition coefficient (Wildman–Crippen LogP) is 1.91.